The first-order valence-electron chi connectivity index (χ1n) is 7.38. The second-order valence-electron chi connectivity index (χ2n) is 5.44. The first-order chi connectivity index (χ1) is 9.71. The summed E-state index contributed by atoms with van der Waals surface area (Å²) in [7, 11) is 1.63. The van der Waals surface area contributed by atoms with E-state index in [4.69, 9.17) is 4.74 Å². The van der Waals surface area contributed by atoms with E-state index in [0.717, 1.165) is 23.8 Å². The average molecular weight is 276 g/mol. The predicted octanol–water partition coefficient (Wildman–Crippen LogP) is 2.80. The van der Waals surface area contributed by atoms with Crippen LogP contribution in [-0.2, 0) is 4.79 Å². The lowest BCUT2D eigenvalue weighted by Gasteiger charge is -2.16. The molecule has 110 valence electrons. The van der Waals surface area contributed by atoms with Gasteiger partial charge in [-0.2, -0.15) is 0 Å². The van der Waals surface area contributed by atoms with Crippen LogP contribution in [0.5, 0.6) is 5.75 Å². The van der Waals surface area contributed by atoms with E-state index in [-0.39, 0.29) is 5.91 Å². The number of hydrogen-bond donors (Lipinski definition) is 2. The molecule has 1 aliphatic rings. The highest BCUT2D eigenvalue weighted by Crippen LogP contribution is 2.33. The lowest BCUT2D eigenvalue weighted by Crippen LogP contribution is -2.36. The highest BCUT2D eigenvalue weighted by Gasteiger charge is 2.24. The van der Waals surface area contributed by atoms with E-state index in [1.807, 2.05) is 24.3 Å². The van der Waals surface area contributed by atoms with Gasteiger partial charge in [-0.1, -0.05) is 19.8 Å². The first-order valence-corrected chi connectivity index (χ1v) is 7.38. The van der Waals surface area contributed by atoms with Crippen molar-refractivity contribution in [1.82, 2.24) is 5.32 Å². The third-order valence-electron chi connectivity index (χ3n) is 3.73. The van der Waals surface area contributed by atoms with Crippen molar-refractivity contribution in [3.8, 4) is 5.75 Å². The molecule has 0 spiro atoms. The summed E-state index contributed by atoms with van der Waals surface area (Å²) >= 11 is 0. The molecule has 1 atom stereocenters. The van der Waals surface area contributed by atoms with Crippen LogP contribution in [0, 0.1) is 5.92 Å². The highest BCUT2D eigenvalue weighted by molar-refractivity contribution is 5.92. The molecule has 1 saturated carbocycles. The van der Waals surface area contributed by atoms with E-state index in [1.165, 1.54) is 19.3 Å². The van der Waals surface area contributed by atoms with E-state index >= 15 is 0 Å². The highest BCUT2D eigenvalue weighted by atomic mass is 16.5. The Labute approximate surface area is 120 Å². The van der Waals surface area contributed by atoms with E-state index in [0.29, 0.717) is 12.6 Å². The van der Waals surface area contributed by atoms with E-state index in [1.54, 1.807) is 7.11 Å². The summed E-state index contributed by atoms with van der Waals surface area (Å²) in [6.45, 7) is 2.54. The van der Waals surface area contributed by atoms with E-state index < -0.39 is 0 Å². The van der Waals surface area contributed by atoms with Crippen molar-refractivity contribution < 1.29 is 9.53 Å². The quantitative estimate of drug-likeness (QED) is 0.767. The van der Waals surface area contributed by atoms with Gasteiger partial charge in [0.1, 0.15) is 5.75 Å². The molecule has 1 aromatic carbocycles. The molecule has 0 bridgehead atoms. The zero-order valence-electron chi connectivity index (χ0n) is 12.3. The second-order valence-corrected chi connectivity index (χ2v) is 5.44. The molecule has 20 heavy (non-hydrogen) atoms. The van der Waals surface area contributed by atoms with Crippen LogP contribution in [0.2, 0.25) is 0 Å². The number of benzene rings is 1. The van der Waals surface area contributed by atoms with E-state index in [2.05, 4.69) is 17.6 Å². The van der Waals surface area contributed by atoms with Crippen LogP contribution in [0.3, 0.4) is 0 Å². The number of amides is 1. The largest absolute Gasteiger partial charge is 0.497 e. The molecule has 0 aromatic heterocycles. The molecule has 0 saturated heterocycles. The minimum absolute atomic E-state index is 0.00409. The fourth-order valence-electron chi connectivity index (χ4n) is 2.27. The predicted molar refractivity (Wildman–Crippen MR) is 81.0 cm³/mol. The van der Waals surface area contributed by atoms with Gasteiger partial charge in [-0.25, -0.2) is 0 Å². The van der Waals surface area contributed by atoms with Crippen molar-refractivity contribution in [2.75, 3.05) is 19.0 Å². The van der Waals surface area contributed by atoms with Crippen molar-refractivity contribution in [2.45, 2.75) is 38.6 Å². The summed E-state index contributed by atoms with van der Waals surface area (Å²) in [6.07, 6.45) is 4.99. The molecule has 1 amide bonds. The topological polar surface area (TPSA) is 50.4 Å². The molecule has 2 N–H and O–H groups in total. The molecule has 0 heterocycles. The van der Waals surface area contributed by atoms with Crippen LogP contribution in [-0.4, -0.2) is 25.6 Å². The van der Waals surface area contributed by atoms with Gasteiger partial charge in [0.25, 0.3) is 0 Å². The molecule has 1 fully saturated rings. The number of methoxy groups -OCH3 is 1. The maximum atomic E-state index is 11.9. The lowest BCUT2D eigenvalue weighted by molar-refractivity contribution is -0.115. The molecule has 0 aliphatic heterocycles. The number of rotatable bonds is 8. The van der Waals surface area contributed by atoms with Crippen molar-refractivity contribution in [2.24, 2.45) is 5.92 Å². The van der Waals surface area contributed by atoms with Crippen LogP contribution >= 0.6 is 0 Å². The maximum Gasteiger partial charge on any atom is 0.238 e. The Hall–Kier alpha value is -1.55. The van der Waals surface area contributed by atoms with Gasteiger partial charge in [0.05, 0.1) is 13.7 Å². The summed E-state index contributed by atoms with van der Waals surface area (Å²) in [6, 6.07) is 7.83. The average Bonchev–Trinajstić information content (AvgIpc) is 3.28. The lowest BCUT2D eigenvalue weighted by atomic mass is 10.1. The molecule has 1 unspecified atom stereocenters. The fourth-order valence-corrected chi connectivity index (χ4v) is 2.27. The summed E-state index contributed by atoms with van der Waals surface area (Å²) in [4.78, 5) is 11.9. The smallest absolute Gasteiger partial charge is 0.238 e. The van der Waals surface area contributed by atoms with Gasteiger partial charge in [-0.3, -0.25) is 4.79 Å². The Morgan fingerprint density at radius 1 is 1.35 bits per heavy atom. The number of nitrogens with one attached hydrogen (secondary N) is 2. The molecular weight excluding hydrogens is 252 g/mol. The van der Waals surface area contributed by atoms with Crippen LogP contribution in [0.15, 0.2) is 24.3 Å². The zero-order valence-corrected chi connectivity index (χ0v) is 12.3. The van der Waals surface area contributed by atoms with Gasteiger partial charge in [-0.15, -0.1) is 0 Å². The molecule has 1 aromatic rings. The number of carbonyl (C=O) groups is 1. The van der Waals surface area contributed by atoms with Gasteiger partial charge in [0.15, 0.2) is 0 Å². The Morgan fingerprint density at radius 2 is 2.05 bits per heavy atom. The summed E-state index contributed by atoms with van der Waals surface area (Å²) in [5.74, 6) is 1.68. The van der Waals surface area contributed by atoms with Crippen LogP contribution < -0.4 is 15.4 Å². The van der Waals surface area contributed by atoms with Crippen LogP contribution in [0.25, 0.3) is 0 Å². The standard InChI is InChI=1S/C16H24N2O2/c1-3-13(10-12-4-5-12)17-11-16(19)18-14-6-8-15(20-2)9-7-14/h6-9,12-13,17H,3-5,10-11H2,1-2H3,(H,18,19). The maximum absolute atomic E-state index is 11.9. The Kier molecular flexibility index (Phi) is 5.41. The Balaban J connectivity index is 1.73. The van der Waals surface area contributed by atoms with Gasteiger partial charge in [0, 0.05) is 11.7 Å². The number of ether oxygens (including phenoxy) is 1. The summed E-state index contributed by atoms with van der Waals surface area (Å²) < 4.78 is 5.09. The SMILES string of the molecule is CCC(CC1CC1)NCC(=O)Nc1ccc(OC)cc1. The zero-order chi connectivity index (χ0) is 14.4. The normalized spacial score (nSPS) is 15.7. The van der Waals surface area contributed by atoms with Gasteiger partial charge in [0.2, 0.25) is 5.91 Å². The molecule has 4 heteroatoms. The van der Waals surface area contributed by atoms with Gasteiger partial charge in [-0.05, 0) is 43.0 Å². The minimum Gasteiger partial charge on any atom is -0.497 e. The van der Waals surface area contributed by atoms with E-state index in [9.17, 15) is 4.79 Å². The third kappa shape index (κ3) is 4.85. The van der Waals surface area contributed by atoms with Gasteiger partial charge >= 0.3 is 0 Å². The van der Waals surface area contributed by atoms with Crippen molar-refractivity contribution in [3.05, 3.63) is 24.3 Å². The number of carbonyl (C=O) groups excluding carboxylic acids is 1. The minimum atomic E-state index is 0.00409. The van der Waals surface area contributed by atoms with Gasteiger partial charge < -0.3 is 15.4 Å². The molecule has 0 radical (unpaired) electrons. The Bertz CT molecular complexity index is 427. The third-order valence-corrected chi connectivity index (χ3v) is 3.73. The van der Waals surface area contributed by atoms with Crippen molar-refractivity contribution in [3.63, 3.8) is 0 Å². The molecule has 4 nitrogen and oxygen atoms in total. The number of hydrogen-bond acceptors (Lipinski definition) is 3. The summed E-state index contributed by atoms with van der Waals surface area (Å²) in [5, 5.41) is 6.23. The number of anilines is 1. The van der Waals surface area contributed by atoms with Crippen molar-refractivity contribution >= 4 is 11.6 Å². The van der Waals surface area contributed by atoms with Crippen LogP contribution in [0.4, 0.5) is 5.69 Å². The van der Waals surface area contributed by atoms with Crippen LogP contribution in [0.1, 0.15) is 32.6 Å². The molecule has 1 aliphatic carbocycles. The molecular formula is C16H24N2O2. The molecule has 2 rings (SSSR count). The summed E-state index contributed by atoms with van der Waals surface area (Å²) in [5.41, 5.74) is 0.799. The second kappa shape index (κ2) is 7.29. The fraction of sp³-hybridized carbons (Fsp3) is 0.562. The first kappa shape index (κ1) is 14.9. The monoisotopic (exact) mass is 276 g/mol. The van der Waals surface area contributed by atoms with Crippen molar-refractivity contribution in [1.29, 1.82) is 0 Å². The Morgan fingerprint density at radius 3 is 2.60 bits per heavy atom.